The zero-order valence-corrected chi connectivity index (χ0v) is 16.3. The van der Waals surface area contributed by atoms with E-state index in [9.17, 15) is 5.26 Å². The Morgan fingerprint density at radius 2 is 1.81 bits per heavy atom. The van der Waals surface area contributed by atoms with Crippen molar-refractivity contribution >= 4 is 15.9 Å². The molecule has 5 heteroatoms. The van der Waals surface area contributed by atoms with Crippen molar-refractivity contribution in [3.05, 3.63) is 60.2 Å². The highest BCUT2D eigenvalue weighted by molar-refractivity contribution is 9.09. The van der Waals surface area contributed by atoms with Crippen LogP contribution in [0.2, 0.25) is 0 Å². The highest BCUT2D eigenvalue weighted by atomic mass is 79.9. The molecule has 0 radical (unpaired) electrons. The summed E-state index contributed by atoms with van der Waals surface area (Å²) in [7, 11) is 0. The molecule has 2 aromatic rings. The summed E-state index contributed by atoms with van der Waals surface area (Å²) in [5.41, 5.74) is 0.790. The van der Waals surface area contributed by atoms with Crippen LogP contribution in [0.1, 0.15) is 24.5 Å². The second-order valence-electron chi connectivity index (χ2n) is 7.61. The Hall–Kier alpha value is -1.87. The Kier molecular flexibility index (Phi) is 4.43. The van der Waals surface area contributed by atoms with E-state index >= 15 is 0 Å². The minimum absolute atomic E-state index is 0.228. The number of ether oxygens (including phenoxy) is 3. The second-order valence-corrected chi connectivity index (χ2v) is 8.66. The molecule has 2 aromatic carbocycles. The summed E-state index contributed by atoms with van der Waals surface area (Å²) in [6.07, 6.45) is 1.60. The molecule has 7 atom stereocenters. The summed E-state index contributed by atoms with van der Waals surface area (Å²) in [5, 5.41) is 9.71. The lowest BCUT2D eigenvalue weighted by Crippen LogP contribution is -2.26. The summed E-state index contributed by atoms with van der Waals surface area (Å²) in [6.45, 7) is 0. The van der Waals surface area contributed by atoms with Crippen molar-refractivity contribution in [1.29, 1.82) is 5.26 Å². The molecular weight excluding hydrogens is 406 g/mol. The van der Waals surface area contributed by atoms with Gasteiger partial charge in [0.15, 0.2) is 12.4 Å². The van der Waals surface area contributed by atoms with Gasteiger partial charge in [0.25, 0.3) is 0 Å². The number of rotatable bonds is 5. The van der Waals surface area contributed by atoms with Crippen LogP contribution in [-0.4, -0.2) is 17.2 Å². The molecule has 2 bridgehead atoms. The van der Waals surface area contributed by atoms with Crippen molar-refractivity contribution in [2.45, 2.75) is 36.2 Å². The monoisotopic (exact) mass is 425 g/mol. The van der Waals surface area contributed by atoms with E-state index in [0.29, 0.717) is 28.3 Å². The predicted molar refractivity (Wildman–Crippen MR) is 103 cm³/mol. The fourth-order valence-corrected chi connectivity index (χ4v) is 5.80. The first kappa shape index (κ1) is 17.2. The zero-order valence-electron chi connectivity index (χ0n) is 14.7. The fourth-order valence-electron chi connectivity index (χ4n) is 4.85. The van der Waals surface area contributed by atoms with Crippen molar-refractivity contribution in [2.75, 3.05) is 0 Å². The third-order valence-corrected chi connectivity index (χ3v) is 7.32. The Balaban J connectivity index is 1.32. The van der Waals surface area contributed by atoms with Crippen molar-refractivity contribution in [1.82, 2.24) is 0 Å². The van der Waals surface area contributed by atoms with Gasteiger partial charge in [0.2, 0.25) is 0 Å². The molecule has 5 unspecified atom stereocenters. The van der Waals surface area contributed by atoms with Gasteiger partial charge >= 0.3 is 0 Å². The molecule has 3 fully saturated rings. The average molecular weight is 426 g/mol. The van der Waals surface area contributed by atoms with Crippen molar-refractivity contribution in [3.8, 4) is 17.6 Å². The number of nitrogens with zero attached hydrogens (tertiary/aromatic N) is 1. The fraction of sp³-hybridized carbons (Fsp3) is 0.409. The lowest BCUT2D eigenvalue weighted by atomic mass is 9.89. The first-order chi connectivity index (χ1) is 13.2. The predicted octanol–water partition coefficient (Wildman–Crippen LogP) is 5.20. The first-order valence-electron chi connectivity index (χ1n) is 9.40. The van der Waals surface area contributed by atoms with Crippen LogP contribution in [-0.2, 0) is 9.47 Å². The quantitative estimate of drug-likeness (QED) is 0.617. The van der Waals surface area contributed by atoms with Crippen LogP contribution in [0, 0.1) is 29.1 Å². The maximum absolute atomic E-state index is 9.71. The summed E-state index contributed by atoms with van der Waals surface area (Å²) in [5.74, 6) is 3.11. The smallest absolute Gasteiger partial charge is 0.172 e. The molecule has 1 heterocycles. The number of halogens is 1. The lowest BCUT2D eigenvalue weighted by molar-refractivity contribution is -0.161. The van der Waals surface area contributed by atoms with Gasteiger partial charge in [-0.15, -0.1) is 0 Å². The second kappa shape index (κ2) is 6.94. The summed E-state index contributed by atoms with van der Waals surface area (Å²) in [6, 6.07) is 19.4. The summed E-state index contributed by atoms with van der Waals surface area (Å²) < 4.78 is 18.2. The van der Waals surface area contributed by atoms with Gasteiger partial charge in [-0.1, -0.05) is 46.3 Å². The third kappa shape index (κ3) is 3.06. The van der Waals surface area contributed by atoms with Crippen molar-refractivity contribution in [2.24, 2.45) is 17.8 Å². The molecule has 0 amide bonds. The van der Waals surface area contributed by atoms with Crippen LogP contribution in [0.3, 0.4) is 0 Å². The Morgan fingerprint density at radius 1 is 1.04 bits per heavy atom. The van der Waals surface area contributed by atoms with Gasteiger partial charge < -0.3 is 14.2 Å². The molecule has 1 aliphatic heterocycles. The molecule has 138 valence electrons. The van der Waals surface area contributed by atoms with Crippen LogP contribution in [0.5, 0.6) is 11.5 Å². The Bertz CT molecular complexity index is 867. The third-order valence-electron chi connectivity index (χ3n) is 6.05. The van der Waals surface area contributed by atoms with Gasteiger partial charge in [0.1, 0.15) is 11.5 Å². The molecule has 0 aromatic heterocycles. The first-order valence-corrected chi connectivity index (χ1v) is 10.3. The standard InChI is InChI=1S/C22H20BrNO3/c23-20-14-10-17-18(11-14)22(27-21(17)20)26-19(12-24)13-5-4-8-16(9-13)25-15-6-2-1-3-7-15/h1-9,14,17-22H,10-11H2/t14?,17?,18?,19-,20?,21?,22+/m1/s1. The lowest BCUT2D eigenvalue weighted by Gasteiger charge is -2.22. The highest BCUT2D eigenvalue weighted by Gasteiger charge is 2.60. The van der Waals surface area contributed by atoms with Gasteiger partial charge in [-0.3, -0.25) is 0 Å². The Morgan fingerprint density at radius 3 is 2.56 bits per heavy atom. The highest BCUT2D eigenvalue weighted by Crippen LogP contribution is 2.59. The number of hydrogen-bond acceptors (Lipinski definition) is 4. The van der Waals surface area contributed by atoms with Crippen LogP contribution < -0.4 is 4.74 Å². The summed E-state index contributed by atoms with van der Waals surface area (Å²) >= 11 is 3.78. The molecule has 5 rings (SSSR count). The molecular formula is C22H20BrNO3. The van der Waals surface area contributed by atoms with Crippen molar-refractivity contribution in [3.63, 3.8) is 0 Å². The molecule has 4 nitrogen and oxygen atoms in total. The van der Waals surface area contributed by atoms with E-state index in [2.05, 4.69) is 22.0 Å². The maximum Gasteiger partial charge on any atom is 0.172 e. The number of benzene rings is 2. The molecule has 0 spiro atoms. The van der Waals surface area contributed by atoms with Gasteiger partial charge in [-0.25, -0.2) is 0 Å². The number of alkyl halides is 1. The van der Waals surface area contributed by atoms with Crippen LogP contribution >= 0.6 is 15.9 Å². The van der Waals surface area contributed by atoms with E-state index in [1.807, 2.05) is 54.6 Å². The maximum atomic E-state index is 9.71. The zero-order chi connectivity index (χ0) is 18.4. The van der Waals surface area contributed by atoms with Gasteiger partial charge in [0.05, 0.1) is 12.2 Å². The number of fused-ring (bicyclic) bond motifs is 1. The van der Waals surface area contributed by atoms with E-state index in [4.69, 9.17) is 14.2 Å². The molecule has 3 aliphatic rings. The van der Waals surface area contributed by atoms with Crippen LogP contribution in [0.4, 0.5) is 0 Å². The number of para-hydroxylation sites is 1. The van der Waals surface area contributed by atoms with Gasteiger partial charge in [-0.05, 0) is 54.5 Å². The van der Waals surface area contributed by atoms with E-state index in [1.54, 1.807) is 0 Å². The minimum atomic E-state index is -0.667. The van der Waals surface area contributed by atoms with Crippen LogP contribution in [0.15, 0.2) is 54.6 Å². The van der Waals surface area contributed by atoms with E-state index < -0.39 is 6.10 Å². The number of hydrogen-bond donors (Lipinski definition) is 0. The minimum Gasteiger partial charge on any atom is -0.457 e. The molecule has 2 aliphatic carbocycles. The van der Waals surface area contributed by atoms with Crippen molar-refractivity contribution < 1.29 is 14.2 Å². The Labute approximate surface area is 167 Å². The molecule has 1 saturated heterocycles. The van der Waals surface area contributed by atoms with Gasteiger partial charge in [0, 0.05) is 10.7 Å². The summed E-state index contributed by atoms with van der Waals surface area (Å²) in [4.78, 5) is 0.426. The molecule has 2 saturated carbocycles. The normalized spacial score (nSPS) is 34.4. The van der Waals surface area contributed by atoms with E-state index in [-0.39, 0.29) is 12.4 Å². The SMILES string of the molecule is N#C[C@@H](O[C@H]1OC2C(Br)C3CC2C1C3)c1cccc(Oc2ccccc2)c1. The number of nitriles is 1. The van der Waals surface area contributed by atoms with E-state index in [1.165, 1.54) is 6.42 Å². The van der Waals surface area contributed by atoms with Gasteiger partial charge in [-0.2, -0.15) is 5.26 Å². The molecule has 0 N–H and O–H groups in total. The topological polar surface area (TPSA) is 51.5 Å². The average Bonchev–Trinajstić information content (AvgIpc) is 3.32. The van der Waals surface area contributed by atoms with Crippen LogP contribution in [0.25, 0.3) is 0 Å². The molecule has 27 heavy (non-hydrogen) atoms. The van der Waals surface area contributed by atoms with E-state index in [0.717, 1.165) is 17.7 Å². The largest absolute Gasteiger partial charge is 0.457 e.